The molecule has 33 heavy (non-hydrogen) atoms. The van der Waals surface area contributed by atoms with Gasteiger partial charge in [-0.15, -0.1) is 11.3 Å². The van der Waals surface area contributed by atoms with Crippen molar-refractivity contribution in [2.45, 2.75) is 6.92 Å². The minimum absolute atomic E-state index is 0.0193. The molecule has 1 N–H and O–H groups in total. The van der Waals surface area contributed by atoms with E-state index in [9.17, 15) is 24.1 Å². The van der Waals surface area contributed by atoms with E-state index in [4.69, 9.17) is 16.3 Å². The maximum Gasteiger partial charge on any atom is 0.348 e. The van der Waals surface area contributed by atoms with E-state index >= 15 is 0 Å². The lowest BCUT2D eigenvalue weighted by Gasteiger charge is -2.07. The van der Waals surface area contributed by atoms with E-state index in [1.807, 2.05) is 0 Å². The van der Waals surface area contributed by atoms with Crippen LogP contribution in [0.15, 0.2) is 48.5 Å². The number of anilines is 1. The number of aromatic nitrogens is 2. The summed E-state index contributed by atoms with van der Waals surface area (Å²) in [6.45, 7) is 1.20. The Labute approximate surface area is 194 Å². The van der Waals surface area contributed by atoms with Crippen molar-refractivity contribution in [3.63, 3.8) is 0 Å². The maximum atomic E-state index is 13.2. The van der Waals surface area contributed by atoms with Crippen LogP contribution in [0.25, 0.3) is 15.9 Å². The first-order chi connectivity index (χ1) is 15.7. The molecule has 2 aromatic heterocycles. The Hall–Kier alpha value is -3.83. The lowest BCUT2D eigenvalue weighted by atomic mass is 10.3. The van der Waals surface area contributed by atoms with Crippen LogP contribution in [0.2, 0.25) is 5.02 Å². The smallest absolute Gasteiger partial charge is 0.348 e. The molecule has 0 aliphatic carbocycles. The minimum atomic E-state index is -0.703. The molecule has 0 radical (unpaired) electrons. The number of fused-ring (bicyclic) bond motifs is 1. The molecule has 0 atom stereocenters. The van der Waals surface area contributed by atoms with Gasteiger partial charge in [-0.2, -0.15) is 5.10 Å². The summed E-state index contributed by atoms with van der Waals surface area (Å²) < 4.78 is 19.9. The number of hydrogen-bond acceptors (Lipinski definition) is 7. The van der Waals surface area contributed by atoms with Crippen molar-refractivity contribution in [3.05, 3.63) is 80.1 Å². The second-order valence-electron chi connectivity index (χ2n) is 6.85. The number of halogens is 2. The van der Waals surface area contributed by atoms with Crippen molar-refractivity contribution in [2.75, 3.05) is 11.9 Å². The number of rotatable bonds is 6. The van der Waals surface area contributed by atoms with Gasteiger partial charge in [0.25, 0.3) is 11.6 Å². The molecule has 1 amide bonds. The number of nitrogens with zero attached hydrogens (tertiary/aromatic N) is 3. The molecular formula is C21H14ClFN4O5S. The van der Waals surface area contributed by atoms with Crippen molar-refractivity contribution in [1.29, 1.82) is 0 Å². The molecule has 4 aromatic rings. The molecule has 168 valence electrons. The number of hydrogen-bond donors (Lipinski definition) is 1. The van der Waals surface area contributed by atoms with Crippen LogP contribution < -0.4 is 5.32 Å². The van der Waals surface area contributed by atoms with Gasteiger partial charge < -0.3 is 10.1 Å². The first-order valence-electron chi connectivity index (χ1n) is 9.39. The van der Waals surface area contributed by atoms with Gasteiger partial charge in [0.05, 0.1) is 27.0 Å². The fourth-order valence-corrected chi connectivity index (χ4v) is 4.31. The number of nitro groups is 1. The summed E-state index contributed by atoms with van der Waals surface area (Å²) >= 11 is 7.07. The topological polar surface area (TPSA) is 116 Å². The van der Waals surface area contributed by atoms with Gasteiger partial charge >= 0.3 is 5.97 Å². The number of nitrogens with one attached hydrogen (secondary N) is 1. The highest BCUT2D eigenvalue weighted by Crippen LogP contribution is 2.31. The van der Waals surface area contributed by atoms with Crippen LogP contribution in [0, 0.1) is 22.9 Å². The summed E-state index contributed by atoms with van der Waals surface area (Å²) in [6.07, 6.45) is 0. The van der Waals surface area contributed by atoms with Gasteiger partial charge in [-0.25, -0.2) is 13.9 Å². The molecular weight excluding hydrogens is 475 g/mol. The largest absolute Gasteiger partial charge is 0.451 e. The molecule has 0 saturated carbocycles. The third kappa shape index (κ3) is 4.69. The molecule has 0 saturated heterocycles. The standard InChI is InChI=1S/C21H14ClFN4O5S/c1-11-15-9-18(33-20(15)26(25-11)13-4-2-12(23)3-5-13)21(29)32-10-19(28)24-17-7-6-14(27(30)31)8-16(17)22/h2-9H,10H2,1H3,(H,24,28). The number of benzene rings is 2. The number of esters is 1. The molecule has 2 aromatic carbocycles. The average Bonchev–Trinajstić information content (AvgIpc) is 3.35. The molecule has 0 fully saturated rings. The number of amides is 1. The van der Waals surface area contributed by atoms with Crippen LogP contribution in [0.4, 0.5) is 15.8 Å². The molecule has 0 unspecified atom stereocenters. The van der Waals surface area contributed by atoms with Gasteiger partial charge in [0, 0.05) is 17.5 Å². The fraction of sp³-hybridized carbons (Fsp3) is 0.0952. The van der Waals surface area contributed by atoms with E-state index < -0.39 is 23.4 Å². The number of thiophene rings is 1. The number of carbonyl (C=O) groups excluding carboxylic acids is 2. The van der Waals surface area contributed by atoms with E-state index in [2.05, 4.69) is 10.4 Å². The highest BCUT2D eigenvalue weighted by molar-refractivity contribution is 7.20. The van der Waals surface area contributed by atoms with Crippen LogP contribution in [-0.4, -0.2) is 33.2 Å². The summed E-state index contributed by atoms with van der Waals surface area (Å²) in [5.41, 5.74) is 1.25. The minimum Gasteiger partial charge on any atom is -0.451 e. The van der Waals surface area contributed by atoms with Gasteiger partial charge in [-0.05, 0) is 43.3 Å². The third-order valence-corrected chi connectivity index (χ3v) is 5.99. The number of aryl methyl sites for hydroxylation is 1. The molecule has 0 aliphatic rings. The molecule has 9 nitrogen and oxygen atoms in total. The van der Waals surface area contributed by atoms with E-state index in [0.717, 1.165) is 22.8 Å². The highest BCUT2D eigenvalue weighted by Gasteiger charge is 2.19. The number of ether oxygens (including phenoxy) is 1. The van der Waals surface area contributed by atoms with Crippen molar-refractivity contribution in [1.82, 2.24) is 9.78 Å². The number of non-ortho nitro benzene ring substituents is 1. The molecule has 0 spiro atoms. The highest BCUT2D eigenvalue weighted by atomic mass is 35.5. The van der Waals surface area contributed by atoms with Gasteiger partial charge in [0.15, 0.2) is 6.61 Å². The predicted octanol–water partition coefficient (Wildman–Crippen LogP) is 4.89. The monoisotopic (exact) mass is 488 g/mol. The van der Waals surface area contributed by atoms with Crippen LogP contribution in [0.3, 0.4) is 0 Å². The van der Waals surface area contributed by atoms with Crippen LogP contribution in [-0.2, 0) is 9.53 Å². The summed E-state index contributed by atoms with van der Waals surface area (Å²) in [5.74, 6) is -1.73. The molecule has 0 bridgehead atoms. The Balaban J connectivity index is 1.45. The molecule has 0 aliphatic heterocycles. The van der Waals surface area contributed by atoms with Crippen molar-refractivity contribution >= 4 is 56.4 Å². The normalized spacial score (nSPS) is 10.9. The Kier molecular flexibility index (Phi) is 6.07. The Morgan fingerprint density at radius 3 is 2.64 bits per heavy atom. The second-order valence-corrected chi connectivity index (χ2v) is 8.29. The second kappa shape index (κ2) is 8.96. The lowest BCUT2D eigenvalue weighted by Crippen LogP contribution is -2.20. The summed E-state index contributed by atoms with van der Waals surface area (Å²) in [7, 11) is 0. The van der Waals surface area contributed by atoms with E-state index in [0.29, 0.717) is 16.2 Å². The summed E-state index contributed by atoms with van der Waals surface area (Å²) in [4.78, 5) is 35.7. The van der Waals surface area contributed by atoms with E-state index in [-0.39, 0.29) is 27.1 Å². The maximum absolute atomic E-state index is 13.2. The molecule has 4 rings (SSSR count). The first kappa shape index (κ1) is 22.4. The fourth-order valence-electron chi connectivity index (χ4n) is 3.01. The lowest BCUT2D eigenvalue weighted by molar-refractivity contribution is -0.384. The summed E-state index contributed by atoms with van der Waals surface area (Å²) in [6, 6.07) is 11.0. The zero-order valence-corrected chi connectivity index (χ0v) is 18.4. The number of nitro benzene ring substituents is 1. The quantitative estimate of drug-likeness (QED) is 0.234. The predicted molar refractivity (Wildman–Crippen MR) is 121 cm³/mol. The van der Waals surface area contributed by atoms with Gasteiger partial charge in [0.1, 0.15) is 15.5 Å². The molecule has 2 heterocycles. The third-order valence-electron chi connectivity index (χ3n) is 4.59. The Morgan fingerprint density at radius 2 is 1.97 bits per heavy atom. The van der Waals surface area contributed by atoms with Crippen LogP contribution in [0.5, 0.6) is 0 Å². The van der Waals surface area contributed by atoms with Crippen molar-refractivity contribution in [3.8, 4) is 5.69 Å². The summed E-state index contributed by atoms with van der Waals surface area (Å²) in [5, 5.41) is 18.3. The average molecular weight is 489 g/mol. The Morgan fingerprint density at radius 1 is 1.24 bits per heavy atom. The zero-order chi connectivity index (χ0) is 23.7. The van der Waals surface area contributed by atoms with E-state index in [1.54, 1.807) is 29.8 Å². The number of carbonyl (C=O) groups is 2. The van der Waals surface area contributed by atoms with Gasteiger partial charge in [-0.1, -0.05) is 11.6 Å². The van der Waals surface area contributed by atoms with Crippen molar-refractivity contribution < 1.29 is 23.6 Å². The van der Waals surface area contributed by atoms with Crippen molar-refractivity contribution in [2.24, 2.45) is 0 Å². The van der Waals surface area contributed by atoms with Crippen LogP contribution >= 0.6 is 22.9 Å². The molecule has 12 heteroatoms. The Bertz CT molecular complexity index is 1400. The van der Waals surface area contributed by atoms with Gasteiger partial charge in [0.2, 0.25) is 0 Å². The van der Waals surface area contributed by atoms with E-state index in [1.165, 1.54) is 24.3 Å². The van der Waals surface area contributed by atoms with Crippen LogP contribution in [0.1, 0.15) is 15.4 Å². The van der Waals surface area contributed by atoms with Gasteiger partial charge in [-0.3, -0.25) is 14.9 Å². The first-order valence-corrected chi connectivity index (χ1v) is 10.6. The SMILES string of the molecule is Cc1nn(-c2ccc(F)cc2)c2sc(C(=O)OCC(=O)Nc3ccc([N+](=O)[O-])cc3Cl)cc12. The zero-order valence-electron chi connectivity index (χ0n) is 16.9.